The van der Waals surface area contributed by atoms with E-state index < -0.39 is 5.82 Å². The molecule has 2 rings (SSSR count). The predicted molar refractivity (Wildman–Crippen MR) is 56.9 cm³/mol. The van der Waals surface area contributed by atoms with Crippen molar-refractivity contribution in [1.29, 1.82) is 0 Å². The Balaban J connectivity index is 2.57. The molecule has 2 nitrogen and oxygen atoms in total. The summed E-state index contributed by atoms with van der Waals surface area (Å²) in [6.07, 6.45) is 1.58. The molecule has 72 valence electrons. The molecule has 0 fully saturated rings. The van der Waals surface area contributed by atoms with Crippen LogP contribution < -0.4 is 5.73 Å². The number of thiazole rings is 1. The van der Waals surface area contributed by atoms with Gasteiger partial charge in [-0.1, -0.05) is 35.1 Å². The molecule has 0 spiro atoms. The maximum absolute atomic E-state index is 13.1. The first kappa shape index (κ1) is 9.43. The number of nitrogens with two attached hydrogens (primary N) is 1. The largest absolute Gasteiger partial charge is 0.375 e. The van der Waals surface area contributed by atoms with Crippen LogP contribution in [0, 0.1) is 5.82 Å². The Labute approximate surface area is 89.2 Å². The lowest BCUT2D eigenvalue weighted by Crippen LogP contribution is -1.80. The molecule has 2 aromatic rings. The first-order chi connectivity index (χ1) is 6.68. The van der Waals surface area contributed by atoms with Crippen molar-refractivity contribution < 1.29 is 4.39 Å². The number of hydrogen-bond acceptors (Lipinski definition) is 3. The summed E-state index contributed by atoms with van der Waals surface area (Å²) in [6, 6.07) is 4.65. The number of halogens is 2. The minimum atomic E-state index is -0.434. The Kier molecular flexibility index (Phi) is 2.39. The lowest BCUT2D eigenvalue weighted by atomic mass is 10.2. The number of anilines is 1. The summed E-state index contributed by atoms with van der Waals surface area (Å²) in [5, 5.41) is 0.552. The lowest BCUT2D eigenvalue weighted by molar-refractivity contribution is 0.629. The Bertz CT molecular complexity index is 470. The van der Waals surface area contributed by atoms with Gasteiger partial charge in [0.1, 0.15) is 5.82 Å². The quantitative estimate of drug-likeness (QED) is 0.814. The third-order valence-corrected chi connectivity index (χ3v) is 2.98. The number of nitrogen functional groups attached to an aromatic ring is 1. The molecule has 14 heavy (non-hydrogen) atoms. The molecule has 0 bridgehead atoms. The predicted octanol–water partition coefficient (Wildman–Crippen LogP) is 3.18. The van der Waals surface area contributed by atoms with Gasteiger partial charge in [-0.15, -0.1) is 0 Å². The Morgan fingerprint density at radius 3 is 2.86 bits per heavy atom. The van der Waals surface area contributed by atoms with E-state index >= 15 is 0 Å². The van der Waals surface area contributed by atoms with E-state index in [4.69, 9.17) is 17.3 Å². The van der Waals surface area contributed by atoms with Crippen molar-refractivity contribution in [3.63, 3.8) is 0 Å². The van der Waals surface area contributed by atoms with Crippen LogP contribution >= 0.6 is 22.9 Å². The zero-order valence-electron chi connectivity index (χ0n) is 7.00. The third-order valence-electron chi connectivity index (χ3n) is 1.74. The molecule has 0 saturated carbocycles. The molecule has 0 saturated heterocycles. The van der Waals surface area contributed by atoms with E-state index in [1.54, 1.807) is 18.3 Å². The molecule has 1 aromatic heterocycles. The van der Waals surface area contributed by atoms with Crippen LogP contribution in [0.15, 0.2) is 24.4 Å². The molecule has 0 atom stereocenters. The summed E-state index contributed by atoms with van der Waals surface area (Å²) >= 11 is 7.08. The third kappa shape index (κ3) is 1.58. The van der Waals surface area contributed by atoms with Gasteiger partial charge in [0, 0.05) is 11.8 Å². The van der Waals surface area contributed by atoms with Gasteiger partial charge in [-0.05, 0) is 6.07 Å². The van der Waals surface area contributed by atoms with E-state index in [0.717, 1.165) is 4.88 Å². The highest BCUT2D eigenvalue weighted by atomic mass is 35.5. The van der Waals surface area contributed by atoms with Gasteiger partial charge in [0.2, 0.25) is 0 Å². The Morgan fingerprint density at radius 1 is 1.43 bits per heavy atom. The topological polar surface area (TPSA) is 38.9 Å². The highest BCUT2D eigenvalue weighted by molar-refractivity contribution is 7.18. The van der Waals surface area contributed by atoms with Crippen LogP contribution in [-0.4, -0.2) is 4.98 Å². The number of benzene rings is 1. The first-order valence-corrected chi connectivity index (χ1v) is 5.03. The van der Waals surface area contributed by atoms with Crippen LogP contribution in [0.2, 0.25) is 5.02 Å². The number of aromatic nitrogens is 1. The summed E-state index contributed by atoms with van der Waals surface area (Å²) in [5.41, 5.74) is 6.10. The fourth-order valence-electron chi connectivity index (χ4n) is 1.11. The standard InChI is InChI=1S/C9H6ClFN2S/c10-8-5(2-1-3-6(8)11)7-4-13-9(12)14-7/h1-4H,(H2,12,13). The molecule has 0 amide bonds. The maximum atomic E-state index is 13.1. The van der Waals surface area contributed by atoms with Gasteiger partial charge >= 0.3 is 0 Å². The molecule has 0 aliphatic carbocycles. The van der Waals surface area contributed by atoms with Crippen molar-refractivity contribution in [2.45, 2.75) is 0 Å². The molecule has 0 aliphatic heterocycles. The first-order valence-electron chi connectivity index (χ1n) is 3.84. The molecule has 2 N–H and O–H groups in total. The highest BCUT2D eigenvalue weighted by Gasteiger charge is 2.09. The average Bonchev–Trinajstić information content (AvgIpc) is 2.57. The van der Waals surface area contributed by atoms with E-state index in [1.807, 2.05) is 0 Å². The van der Waals surface area contributed by atoms with Crippen LogP contribution in [0.3, 0.4) is 0 Å². The monoisotopic (exact) mass is 228 g/mol. The van der Waals surface area contributed by atoms with Crippen molar-refractivity contribution >= 4 is 28.1 Å². The van der Waals surface area contributed by atoms with E-state index in [1.165, 1.54) is 17.4 Å². The minimum absolute atomic E-state index is 0.108. The van der Waals surface area contributed by atoms with Crippen molar-refractivity contribution in [2.75, 3.05) is 5.73 Å². The van der Waals surface area contributed by atoms with Crippen molar-refractivity contribution in [2.24, 2.45) is 0 Å². The fourth-order valence-corrected chi connectivity index (χ4v) is 2.11. The zero-order chi connectivity index (χ0) is 10.1. The van der Waals surface area contributed by atoms with Crippen LogP contribution in [0.25, 0.3) is 10.4 Å². The molecule has 1 heterocycles. The SMILES string of the molecule is Nc1ncc(-c2cccc(F)c2Cl)s1. The van der Waals surface area contributed by atoms with Crippen molar-refractivity contribution in [3.05, 3.63) is 35.2 Å². The van der Waals surface area contributed by atoms with Crippen LogP contribution in [-0.2, 0) is 0 Å². The summed E-state index contributed by atoms with van der Waals surface area (Å²) < 4.78 is 13.1. The second kappa shape index (κ2) is 3.55. The van der Waals surface area contributed by atoms with E-state index in [9.17, 15) is 4.39 Å². The van der Waals surface area contributed by atoms with Crippen molar-refractivity contribution in [3.8, 4) is 10.4 Å². The molecule has 0 aliphatic rings. The lowest BCUT2D eigenvalue weighted by Gasteiger charge is -2.00. The minimum Gasteiger partial charge on any atom is -0.375 e. The highest BCUT2D eigenvalue weighted by Crippen LogP contribution is 2.33. The summed E-state index contributed by atoms with van der Waals surface area (Å²) in [7, 11) is 0. The normalized spacial score (nSPS) is 10.4. The molecule has 1 aromatic carbocycles. The molecular formula is C9H6ClFN2S. The van der Waals surface area contributed by atoms with Gasteiger partial charge in [0.05, 0.1) is 9.90 Å². The van der Waals surface area contributed by atoms with Gasteiger partial charge in [0.15, 0.2) is 5.13 Å². The van der Waals surface area contributed by atoms with Crippen molar-refractivity contribution in [1.82, 2.24) is 4.98 Å². The van der Waals surface area contributed by atoms with Gasteiger partial charge < -0.3 is 5.73 Å². The van der Waals surface area contributed by atoms with Gasteiger partial charge in [0.25, 0.3) is 0 Å². The smallest absolute Gasteiger partial charge is 0.180 e. The molecule has 0 radical (unpaired) electrons. The summed E-state index contributed by atoms with van der Waals surface area (Å²) in [6.45, 7) is 0. The Hall–Kier alpha value is -1.13. The van der Waals surface area contributed by atoms with Gasteiger partial charge in [-0.2, -0.15) is 0 Å². The fraction of sp³-hybridized carbons (Fsp3) is 0. The van der Waals surface area contributed by atoms with Crippen LogP contribution in [0.1, 0.15) is 0 Å². The maximum Gasteiger partial charge on any atom is 0.180 e. The number of rotatable bonds is 1. The molecular weight excluding hydrogens is 223 g/mol. The van der Waals surface area contributed by atoms with Crippen LogP contribution in [0.5, 0.6) is 0 Å². The second-order valence-electron chi connectivity index (χ2n) is 2.66. The Morgan fingerprint density at radius 2 is 2.21 bits per heavy atom. The van der Waals surface area contributed by atoms with E-state index in [2.05, 4.69) is 4.98 Å². The second-order valence-corrected chi connectivity index (χ2v) is 4.10. The van der Waals surface area contributed by atoms with E-state index in [0.29, 0.717) is 10.7 Å². The van der Waals surface area contributed by atoms with Gasteiger partial charge in [-0.25, -0.2) is 9.37 Å². The summed E-state index contributed by atoms with van der Waals surface area (Å²) in [4.78, 5) is 4.65. The van der Waals surface area contributed by atoms with Crippen LogP contribution in [0.4, 0.5) is 9.52 Å². The van der Waals surface area contributed by atoms with E-state index in [-0.39, 0.29) is 5.02 Å². The molecule has 0 unspecified atom stereocenters. The average molecular weight is 229 g/mol. The van der Waals surface area contributed by atoms with Gasteiger partial charge in [-0.3, -0.25) is 0 Å². The summed E-state index contributed by atoms with van der Waals surface area (Å²) in [5.74, 6) is -0.434. The zero-order valence-corrected chi connectivity index (χ0v) is 8.57. The molecule has 5 heteroatoms. The number of hydrogen-bond donors (Lipinski definition) is 1. The number of nitrogens with zero attached hydrogens (tertiary/aromatic N) is 1.